The van der Waals surface area contributed by atoms with E-state index in [0.717, 1.165) is 12.8 Å². The first-order chi connectivity index (χ1) is 10.9. The number of hydrogen-bond donors (Lipinski definition) is 1. The number of allylic oxidation sites excluding steroid dienone is 2. The molecule has 0 fully saturated rings. The van der Waals surface area contributed by atoms with Gasteiger partial charge >= 0.3 is 5.97 Å². The van der Waals surface area contributed by atoms with Gasteiger partial charge in [0.15, 0.2) is 5.76 Å². The highest BCUT2D eigenvalue weighted by Gasteiger charge is 2.30. The van der Waals surface area contributed by atoms with Gasteiger partial charge in [0.05, 0.1) is 19.4 Å². The minimum atomic E-state index is -0.286. The molecule has 1 N–H and O–H groups in total. The summed E-state index contributed by atoms with van der Waals surface area (Å²) in [6.07, 6.45) is 2.65. The maximum absolute atomic E-state index is 12.3. The van der Waals surface area contributed by atoms with Crippen LogP contribution in [0.5, 0.6) is 0 Å². The monoisotopic (exact) mass is 323 g/mol. The van der Waals surface area contributed by atoms with Crippen LogP contribution in [0.3, 0.4) is 0 Å². The summed E-state index contributed by atoms with van der Waals surface area (Å²) in [5, 5.41) is 2.96. The average molecular weight is 323 g/mol. The highest BCUT2D eigenvalue weighted by molar-refractivity contribution is 6.23. The van der Waals surface area contributed by atoms with Crippen molar-refractivity contribution in [3.05, 3.63) is 22.6 Å². The van der Waals surface area contributed by atoms with Crippen molar-refractivity contribution in [2.24, 2.45) is 0 Å². The Balaban J connectivity index is 2.49. The van der Waals surface area contributed by atoms with Gasteiger partial charge in [-0.05, 0) is 26.7 Å². The zero-order valence-corrected chi connectivity index (χ0v) is 14.3. The third-order valence-electron chi connectivity index (χ3n) is 3.65. The first-order valence-corrected chi connectivity index (χ1v) is 7.88. The fourth-order valence-corrected chi connectivity index (χ4v) is 2.22. The number of ether oxygens (including phenoxy) is 2. The molecular formula is C17H25NO5. The lowest BCUT2D eigenvalue weighted by molar-refractivity contribution is -0.143. The second-order valence-corrected chi connectivity index (χ2v) is 5.42. The number of carbonyl (C=O) groups is 3. The van der Waals surface area contributed by atoms with E-state index in [1.807, 2.05) is 6.92 Å². The molecule has 0 saturated heterocycles. The highest BCUT2D eigenvalue weighted by Crippen LogP contribution is 2.23. The van der Waals surface area contributed by atoms with Crippen molar-refractivity contribution in [2.75, 3.05) is 20.3 Å². The maximum atomic E-state index is 12.3. The number of rotatable bonds is 9. The van der Waals surface area contributed by atoms with Gasteiger partial charge in [-0.15, -0.1) is 0 Å². The SMILES string of the molecule is CCCCOC(=O)CCCNC1=C(C)C(=O)C(OC)=C(C)C1=O. The second kappa shape index (κ2) is 9.12. The molecule has 0 aromatic heterocycles. The van der Waals surface area contributed by atoms with E-state index in [4.69, 9.17) is 9.47 Å². The Morgan fingerprint density at radius 2 is 1.78 bits per heavy atom. The Morgan fingerprint density at radius 1 is 1.09 bits per heavy atom. The summed E-state index contributed by atoms with van der Waals surface area (Å²) in [5.74, 6) is -0.678. The molecule has 0 bridgehead atoms. The van der Waals surface area contributed by atoms with Crippen LogP contribution in [0.25, 0.3) is 0 Å². The van der Waals surface area contributed by atoms with Crippen LogP contribution in [0.2, 0.25) is 0 Å². The highest BCUT2D eigenvalue weighted by atomic mass is 16.5. The number of hydrogen-bond acceptors (Lipinski definition) is 6. The van der Waals surface area contributed by atoms with E-state index in [0.29, 0.717) is 30.7 Å². The van der Waals surface area contributed by atoms with Crippen LogP contribution in [-0.4, -0.2) is 37.8 Å². The van der Waals surface area contributed by atoms with Crippen molar-refractivity contribution >= 4 is 17.5 Å². The average Bonchev–Trinajstić information content (AvgIpc) is 2.53. The van der Waals surface area contributed by atoms with Gasteiger partial charge in [-0.1, -0.05) is 13.3 Å². The first-order valence-electron chi connectivity index (χ1n) is 7.88. The van der Waals surface area contributed by atoms with Crippen molar-refractivity contribution in [3.63, 3.8) is 0 Å². The molecule has 6 heteroatoms. The van der Waals surface area contributed by atoms with Crippen LogP contribution in [0.15, 0.2) is 22.6 Å². The van der Waals surface area contributed by atoms with E-state index in [1.165, 1.54) is 7.11 Å². The smallest absolute Gasteiger partial charge is 0.305 e. The fraction of sp³-hybridized carbons (Fsp3) is 0.588. The van der Waals surface area contributed by atoms with E-state index in [-0.39, 0.29) is 35.4 Å². The Hall–Kier alpha value is -2.11. The molecule has 0 aromatic rings. The van der Waals surface area contributed by atoms with Gasteiger partial charge in [-0.25, -0.2) is 0 Å². The van der Waals surface area contributed by atoms with Crippen LogP contribution in [0, 0.1) is 0 Å². The molecular weight excluding hydrogens is 298 g/mol. The van der Waals surface area contributed by atoms with Crippen LogP contribution < -0.4 is 5.32 Å². The van der Waals surface area contributed by atoms with Crippen molar-refractivity contribution in [1.29, 1.82) is 0 Å². The predicted octanol–water partition coefficient (Wildman–Crippen LogP) is 2.05. The van der Waals surface area contributed by atoms with Gasteiger partial charge in [-0.2, -0.15) is 0 Å². The third-order valence-corrected chi connectivity index (χ3v) is 3.65. The van der Waals surface area contributed by atoms with E-state index in [1.54, 1.807) is 13.8 Å². The number of ketones is 2. The molecule has 1 aliphatic carbocycles. The van der Waals surface area contributed by atoms with Crippen LogP contribution in [0.1, 0.15) is 46.5 Å². The van der Waals surface area contributed by atoms with Crippen molar-refractivity contribution < 1.29 is 23.9 Å². The Kier molecular flexibility index (Phi) is 7.51. The van der Waals surface area contributed by atoms with Crippen LogP contribution in [-0.2, 0) is 23.9 Å². The summed E-state index contributed by atoms with van der Waals surface area (Å²) in [4.78, 5) is 35.8. The van der Waals surface area contributed by atoms with Crippen LogP contribution >= 0.6 is 0 Å². The summed E-state index contributed by atoms with van der Waals surface area (Å²) in [6, 6.07) is 0. The number of esters is 1. The molecule has 1 rings (SSSR count). The number of carbonyl (C=O) groups excluding carboxylic acids is 3. The molecule has 6 nitrogen and oxygen atoms in total. The van der Waals surface area contributed by atoms with Gasteiger partial charge in [0.1, 0.15) is 0 Å². The summed E-state index contributed by atoms with van der Waals surface area (Å²) >= 11 is 0. The minimum absolute atomic E-state index is 0.0950. The quantitative estimate of drug-likeness (QED) is 0.397. The van der Waals surface area contributed by atoms with E-state index < -0.39 is 0 Å². The largest absolute Gasteiger partial charge is 0.492 e. The zero-order chi connectivity index (χ0) is 17.4. The number of unbranched alkanes of at least 4 members (excludes halogenated alkanes) is 1. The first kappa shape index (κ1) is 18.9. The fourth-order valence-electron chi connectivity index (χ4n) is 2.22. The molecule has 0 unspecified atom stereocenters. The number of Topliss-reactive ketones (excluding diaryl/α,β-unsaturated/α-hetero) is 2. The Bertz CT molecular complexity index is 545. The zero-order valence-electron chi connectivity index (χ0n) is 14.3. The molecule has 1 aliphatic rings. The van der Waals surface area contributed by atoms with Gasteiger partial charge < -0.3 is 14.8 Å². The van der Waals surface area contributed by atoms with E-state index in [9.17, 15) is 14.4 Å². The maximum Gasteiger partial charge on any atom is 0.305 e. The molecule has 0 aliphatic heterocycles. The normalized spacial score (nSPS) is 15.1. The molecule has 128 valence electrons. The van der Waals surface area contributed by atoms with Crippen molar-refractivity contribution in [2.45, 2.75) is 46.5 Å². The van der Waals surface area contributed by atoms with Gasteiger partial charge in [0, 0.05) is 24.1 Å². The minimum Gasteiger partial charge on any atom is -0.492 e. The van der Waals surface area contributed by atoms with Gasteiger partial charge in [-0.3, -0.25) is 14.4 Å². The van der Waals surface area contributed by atoms with Gasteiger partial charge in [0.25, 0.3) is 0 Å². The standard InChI is InChI=1S/C17H25NO5/c1-5-6-10-23-13(19)8-7-9-18-14-11(2)16(21)17(22-4)12(3)15(14)20/h18H,5-10H2,1-4H3. The van der Waals surface area contributed by atoms with E-state index >= 15 is 0 Å². The Labute approximate surface area is 136 Å². The lowest BCUT2D eigenvalue weighted by Gasteiger charge is -2.20. The molecule has 0 heterocycles. The van der Waals surface area contributed by atoms with Crippen molar-refractivity contribution in [1.82, 2.24) is 5.32 Å². The summed E-state index contributed by atoms with van der Waals surface area (Å²) in [6.45, 7) is 6.06. The molecule has 0 atom stereocenters. The summed E-state index contributed by atoms with van der Waals surface area (Å²) < 4.78 is 10.1. The topological polar surface area (TPSA) is 81.7 Å². The van der Waals surface area contributed by atoms with Gasteiger partial charge in [0.2, 0.25) is 11.6 Å². The van der Waals surface area contributed by atoms with E-state index in [2.05, 4.69) is 5.32 Å². The molecule has 0 amide bonds. The third kappa shape index (κ3) is 4.94. The lowest BCUT2D eigenvalue weighted by Crippen LogP contribution is -2.31. The lowest BCUT2D eigenvalue weighted by atomic mass is 9.94. The Morgan fingerprint density at radius 3 is 2.39 bits per heavy atom. The molecule has 23 heavy (non-hydrogen) atoms. The predicted molar refractivity (Wildman–Crippen MR) is 85.5 cm³/mol. The molecule has 0 radical (unpaired) electrons. The van der Waals surface area contributed by atoms with Crippen LogP contribution in [0.4, 0.5) is 0 Å². The second-order valence-electron chi connectivity index (χ2n) is 5.42. The summed E-state index contributed by atoms with van der Waals surface area (Å²) in [7, 11) is 1.37. The molecule has 0 spiro atoms. The molecule has 0 saturated carbocycles. The number of methoxy groups -OCH3 is 1. The van der Waals surface area contributed by atoms with Crippen molar-refractivity contribution in [3.8, 4) is 0 Å². The number of nitrogens with one attached hydrogen (secondary N) is 1. The summed E-state index contributed by atoms with van der Waals surface area (Å²) in [5.41, 5.74) is 0.917. The molecule has 0 aromatic carbocycles.